The van der Waals surface area contributed by atoms with Crippen molar-refractivity contribution in [1.82, 2.24) is 9.46 Å². The first-order valence-corrected chi connectivity index (χ1v) is 12.8. The van der Waals surface area contributed by atoms with Crippen LogP contribution in [0.2, 0.25) is 0 Å². The lowest BCUT2D eigenvalue weighted by molar-refractivity contribution is -0.113. The van der Waals surface area contributed by atoms with Crippen LogP contribution in [0.1, 0.15) is 44.7 Å². The molecule has 0 spiro atoms. The molecule has 0 aliphatic rings. The largest absolute Gasteiger partial charge is 0.489 e. The van der Waals surface area contributed by atoms with E-state index in [2.05, 4.69) is 10.5 Å². The van der Waals surface area contributed by atoms with E-state index in [0.717, 1.165) is 17.0 Å². The van der Waals surface area contributed by atoms with Crippen molar-refractivity contribution in [2.75, 3.05) is 24.2 Å². The Kier molecular flexibility index (Phi) is 8.96. The van der Waals surface area contributed by atoms with Crippen molar-refractivity contribution in [1.29, 1.82) is 0 Å². The minimum absolute atomic E-state index is 0.117. The van der Waals surface area contributed by atoms with Crippen LogP contribution >= 0.6 is 11.8 Å². The molecule has 31 heavy (non-hydrogen) atoms. The van der Waals surface area contributed by atoms with Gasteiger partial charge in [0.1, 0.15) is 11.5 Å². The first-order chi connectivity index (χ1) is 14.6. The van der Waals surface area contributed by atoms with Crippen molar-refractivity contribution in [2.24, 2.45) is 0 Å². The third kappa shape index (κ3) is 6.47. The Morgan fingerprint density at radius 3 is 2.48 bits per heavy atom. The number of hydrogen-bond donors (Lipinski definition) is 1. The Balaban J connectivity index is 2.18. The molecule has 2 rings (SSSR count). The Bertz CT molecular complexity index is 979. The summed E-state index contributed by atoms with van der Waals surface area (Å²) in [4.78, 5) is 12.7. The number of amides is 1. The summed E-state index contributed by atoms with van der Waals surface area (Å²) >= 11 is 1.43. The number of hydrogen-bond acceptors (Lipinski definition) is 7. The average Bonchev–Trinajstić information content (AvgIpc) is 3.01. The Hall–Kier alpha value is -2.04. The number of nitrogens with zero attached hydrogens (tertiary/aromatic N) is 2. The number of ether oxygens (including phenoxy) is 1. The molecule has 172 valence electrons. The van der Waals surface area contributed by atoms with Crippen LogP contribution in [0.25, 0.3) is 0 Å². The molecule has 0 atom stereocenters. The summed E-state index contributed by atoms with van der Waals surface area (Å²) in [5.74, 6) is 1.71. The zero-order valence-electron chi connectivity index (χ0n) is 18.9. The molecule has 8 nitrogen and oxygen atoms in total. The number of carbonyl (C=O) groups excluding carboxylic acids is 1. The van der Waals surface area contributed by atoms with E-state index < -0.39 is 10.0 Å². The van der Waals surface area contributed by atoms with Gasteiger partial charge in [0.25, 0.3) is 0 Å². The van der Waals surface area contributed by atoms with Crippen LogP contribution < -0.4 is 10.1 Å². The third-order valence-corrected chi connectivity index (χ3v) is 7.60. The molecule has 1 amide bonds. The van der Waals surface area contributed by atoms with Crippen LogP contribution in [0.4, 0.5) is 5.69 Å². The highest BCUT2D eigenvalue weighted by Crippen LogP contribution is 2.30. The number of carbonyl (C=O) groups is 1. The second-order valence-corrected chi connectivity index (χ2v) is 10.2. The SMILES string of the molecule is CCN(CC)S(=O)(=O)c1ccc(OC(C)C)c(NC(=O)CSCc2c(C)noc2C)c1. The van der Waals surface area contributed by atoms with E-state index in [4.69, 9.17) is 9.26 Å². The second kappa shape index (κ2) is 11.0. The van der Waals surface area contributed by atoms with Crippen molar-refractivity contribution in [2.45, 2.75) is 58.3 Å². The zero-order valence-corrected chi connectivity index (χ0v) is 20.5. The van der Waals surface area contributed by atoms with Crippen molar-refractivity contribution >= 4 is 33.4 Å². The zero-order chi connectivity index (χ0) is 23.2. The predicted molar refractivity (Wildman–Crippen MR) is 123 cm³/mol. The van der Waals surface area contributed by atoms with E-state index in [1.165, 1.54) is 28.2 Å². The molecule has 0 unspecified atom stereocenters. The summed E-state index contributed by atoms with van der Waals surface area (Å²) in [6, 6.07) is 4.55. The summed E-state index contributed by atoms with van der Waals surface area (Å²) in [5, 5.41) is 6.72. The minimum atomic E-state index is -3.66. The van der Waals surface area contributed by atoms with Crippen LogP contribution in [-0.2, 0) is 20.6 Å². The smallest absolute Gasteiger partial charge is 0.243 e. The van der Waals surface area contributed by atoms with Gasteiger partial charge in [-0.05, 0) is 45.9 Å². The molecule has 1 aromatic carbocycles. The maximum Gasteiger partial charge on any atom is 0.243 e. The number of aryl methyl sites for hydroxylation is 2. The highest BCUT2D eigenvalue weighted by molar-refractivity contribution is 7.99. The van der Waals surface area contributed by atoms with Gasteiger partial charge < -0.3 is 14.6 Å². The van der Waals surface area contributed by atoms with Crippen LogP contribution in [0.5, 0.6) is 5.75 Å². The van der Waals surface area contributed by atoms with Gasteiger partial charge in [0.2, 0.25) is 15.9 Å². The lowest BCUT2D eigenvalue weighted by Gasteiger charge is -2.20. The number of nitrogens with one attached hydrogen (secondary N) is 1. The van der Waals surface area contributed by atoms with E-state index in [0.29, 0.717) is 30.3 Å². The van der Waals surface area contributed by atoms with Crippen molar-refractivity contribution in [3.05, 3.63) is 35.2 Å². The molecule has 0 aliphatic heterocycles. The van der Waals surface area contributed by atoms with Crippen LogP contribution in [0, 0.1) is 13.8 Å². The molecule has 0 saturated heterocycles. The van der Waals surface area contributed by atoms with E-state index in [-0.39, 0.29) is 22.7 Å². The van der Waals surface area contributed by atoms with Crippen molar-refractivity contribution < 1.29 is 22.5 Å². The molecule has 0 radical (unpaired) electrons. The predicted octanol–water partition coefficient (Wildman–Crippen LogP) is 3.98. The van der Waals surface area contributed by atoms with Gasteiger partial charge in [0.15, 0.2) is 0 Å². The molecule has 0 saturated carbocycles. The quantitative estimate of drug-likeness (QED) is 0.531. The second-order valence-electron chi connectivity index (χ2n) is 7.26. The Morgan fingerprint density at radius 1 is 1.26 bits per heavy atom. The average molecular weight is 470 g/mol. The number of benzene rings is 1. The first-order valence-electron chi connectivity index (χ1n) is 10.2. The lowest BCUT2D eigenvalue weighted by Crippen LogP contribution is -2.30. The van der Waals surface area contributed by atoms with Gasteiger partial charge in [-0.15, -0.1) is 11.8 Å². The molecule has 0 aliphatic carbocycles. The number of thioether (sulfide) groups is 1. The van der Waals surface area contributed by atoms with Gasteiger partial charge in [0.05, 0.1) is 28.1 Å². The third-order valence-electron chi connectivity index (χ3n) is 4.59. The van der Waals surface area contributed by atoms with E-state index in [9.17, 15) is 13.2 Å². The van der Waals surface area contributed by atoms with Gasteiger partial charge in [-0.1, -0.05) is 19.0 Å². The molecular weight excluding hydrogens is 438 g/mol. The van der Waals surface area contributed by atoms with E-state index >= 15 is 0 Å². The summed E-state index contributed by atoms with van der Waals surface area (Å²) < 4.78 is 38.1. The van der Waals surface area contributed by atoms with Gasteiger partial charge in [-0.3, -0.25) is 4.79 Å². The van der Waals surface area contributed by atoms with Crippen molar-refractivity contribution in [3.8, 4) is 5.75 Å². The summed E-state index contributed by atoms with van der Waals surface area (Å²) in [7, 11) is -3.66. The van der Waals surface area contributed by atoms with Crippen LogP contribution in [0.15, 0.2) is 27.6 Å². The van der Waals surface area contributed by atoms with Gasteiger partial charge in [-0.2, -0.15) is 4.31 Å². The summed E-state index contributed by atoms with van der Waals surface area (Å²) in [6.45, 7) is 11.7. The molecule has 1 heterocycles. The van der Waals surface area contributed by atoms with Crippen molar-refractivity contribution in [3.63, 3.8) is 0 Å². The first kappa shape index (κ1) is 25.2. The fraction of sp³-hybridized carbons (Fsp3) is 0.524. The van der Waals surface area contributed by atoms with E-state index in [1.54, 1.807) is 19.9 Å². The highest BCUT2D eigenvalue weighted by Gasteiger charge is 2.23. The molecular formula is C21H31N3O5S2. The van der Waals surface area contributed by atoms with Crippen LogP contribution in [-0.4, -0.2) is 48.7 Å². The standard InChI is InChI=1S/C21H31N3O5S2/c1-7-24(8-2)31(26,27)17-9-10-20(28-14(3)4)19(11-17)22-21(25)13-30-12-18-15(5)23-29-16(18)6/h9-11,14H,7-8,12-13H2,1-6H3,(H,22,25). The molecule has 10 heteroatoms. The molecule has 1 aromatic heterocycles. The highest BCUT2D eigenvalue weighted by atomic mass is 32.2. The number of aromatic nitrogens is 1. The van der Waals surface area contributed by atoms with Gasteiger partial charge in [-0.25, -0.2) is 8.42 Å². The van der Waals surface area contributed by atoms with Gasteiger partial charge >= 0.3 is 0 Å². The lowest BCUT2D eigenvalue weighted by atomic mass is 10.2. The molecule has 2 aromatic rings. The normalized spacial score (nSPS) is 11.9. The maximum atomic E-state index is 12.9. The number of sulfonamides is 1. The molecule has 1 N–H and O–H groups in total. The minimum Gasteiger partial charge on any atom is -0.489 e. The summed E-state index contributed by atoms with van der Waals surface area (Å²) in [6.07, 6.45) is -0.130. The fourth-order valence-corrected chi connectivity index (χ4v) is 5.44. The monoisotopic (exact) mass is 469 g/mol. The molecule has 0 bridgehead atoms. The Morgan fingerprint density at radius 2 is 1.94 bits per heavy atom. The fourth-order valence-electron chi connectivity index (χ4n) is 2.98. The van der Waals surface area contributed by atoms with Crippen LogP contribution in [0.3, 0.4) is 0 Å². The van der Waals surface area contributed by atoms with E-state index in [1.807, 2.05) is 27.7 Å². The Labute approximate surface area is 188 Å². The number of rotatable bonds is 11. The van der Waals surface area contributed by atoms with Gasteiger partial charge in [0, 0.05) is 24.4 Å². The summed E-state index contributed by atoms with van der Waals surface area (Å²) in [5.41, 5.74) is 2.13. The number of anilines is 1. The molecule has 0 fully saturated rings. The topological polar surface area (TPSA) is 102 Å². The maximum absolute atomic E-state index is 12.9.